The second kappa shape index (κ2) is 3.48. The number of hydrogen-bond donors (Lipinski definition) is 0. The highest BCUT2D eigenvalue weighted by Gasteiger charge is 2.51. The zero-order valence-corrected chi connectivity index (χ0v) is 8.06. The maximum atomic E-state index is 12.4. The Hall–Kier alpha value is -0.250. The smallest absolute Gasteiger partial charge is 0.366 e. The van der Waals surface area contributed by atoms with E-state index in [0.717, 1.165) is 0 Å². The topological polar surface area (TPSA) is 9.23 Å². The minimum Gasteiger partial charge on any atom is -0.366 e. The molecule has 1 aliphatic heterocycles. The molecule has 1 saturated heterocycles. The van der Waals surface area contributed by atoms with Crippen molar-refractivity contribution in [3.05, 3.63) is 0 Å². The Morgan fingerprint density at radius 1 is 1.31 bits per heavy atom. The maximum Gasteiger partial charge on any atom is 0.414 e. The van der Waals surface area contributed by atoms with E-state index in [0.29, 0.717) is 6.42 Å². The predicted molar refractivity (Wildman–Crippen MR) is 43.3 cm³/mol. The van der Waals surface area contributed by atoms with Crippen LogP contribution in [0.1, 0.15) is 27.2 Å². The van der Waals surface area contributed by atoms with Crippen LogP contribution in [0.15, 0.2) is 0 Å². The molecule has 1 fully saturated rings. The van der Waals surface area contributed by atoms with Gasteiger partial charge in [0.2, 0.25) is 0 Å². The average molecular weight is 196 g/mol. The van der Waals surface area contributed by atoms with E-state index in [1.807, 2.05) is 13.8 Å². The van der Waals surface area contributed by atoms with Crippen molar-refractivity contribution in [2.24, 2.45) is 11.8 Å². The molecule has 3 atom stereocenters. The van der Waals surface area contributed by atoms with Crippen LogP contribution in [0, 0.1) is 11.8 Å². The van der Waals surface area contributed by atoms with E-state index < -0.39 is 12.3 Å². The quantitative estimate of drug-likeness (QED) is 0.626. The Bertz CT molecular complexity index is 176. The molecule has 0 amide bonds. The molecule has 1 aliphatic rings. The summed E-state index contributed by atoms with van der Waals surface area (Å²) in [5.74, 6) is -0.355. The molecule has 0 aliphatic carbocycles. The zero-order chi connectivity index (χ0) is 10.2. The van der Waals surface area contributed by atoms with Gasteiger partial charge in [-0.05, 0) is 25.2 Å². The summed E-state index contributed by atoms with van der Waals surface area (Å²) < 4.78 is 42.1. The van der Waals surface area contributed by atoms with Crippen molar-refractivity contribution in [2.75, 3.05) is 0 Å². The summed E-state index contributed by atoms with van der Waals surface area (Å²) in [7, 11) is 0. The highest BCUT2D eigenvalue weighted by atomic mass is 19.4. The average Bonchev–Trinajstić information content (AvgIpc) is 2.29. The van der Waals surface area contributed by atoms with Gasteiger partial charge in [-0.3, -0.25) is 0 Å². The van der Waals surface area contributed by atoms with E-state index in [1.165, 1.54) is 0 Å². The molecule has 0 aromatic heterocycles. The second-order valence-corrected chi connectivity index (χ2v) is 4.05. The van der Waals surface area contributed by atoms with Crippen LogP contribution in [0.2, 0.25) is 0 Å². The molecule has 0 saturated carbocycles. The van der Waals surface area contributed by atoms with Crippen molar-refractivity contribution in [1.82, 2.24) is 0 Å². The summed E-state index contributed by atoms with van der Waals surface area (Å²) in [5, 5.41) is 0. The lowest BCUT2D eigenvalue weighted by atomic mass is 9.88. The molecule has 3 unspecified atom stereocenters. The molecule has 1 heterocycles. The summed E-state index contributed by atoms with van der Waals surface area (Å²) in [6, 6.07) is 0. The minimum absolute atomic E-state index is 0.0246. The van der Waals surface area contributed by atoms with Gasteiger partial charge in [-0.1, -0.05) is 13.8 Å². The van der Waals surface area contributed by atoms with Crippen LogP contribution in [0.5, 0.6) is 0 Å². The fourth-order valence-electron chi connectivity index (χ4n) is 1.86. The summed E-state index contributed by atoms with van der Waals surface area (Å²) in [4.78, 5) is 0. The van der Waals surface area contributed by atoms with Gasteiger partial charge in [0.1, 0.15) is 0 Å². The molecule has 13 heavy (non-hydrogen) atoms. The largest absolute Gasteiger partial charge is 0.414 e. The third-order valence-corrected chi connectivity index (χ3v) is 2.55. The van der Waals surface area contributed by atoms with Gasteiger partial charge in [-0.25, -0.2) is 0 Å². The van der Waals surface area contributed by atoms with Crippen molar-refractivity contribution in [3.8, 4) is 0 Å². The first-order valence-corrected chi connectivity index (χ1v) is 4.54. The lowest BCUT2D eigenvalue weighted by molar-refractivity contribution is -0.225. The number of halogens is 3. The van der Waals surface area contributed by atoms with Crippen molar-refractivity contribution in [2.45, 2.75) is 45.6 Å². The van der Waals surface area contributed by atoms with E-state index in [-0.39, 0.29) is 17.9 Å². The fraction of sp³-hybridized carbons (Fsp3) is 1.00. The van der Waals surface area contributed by atoms with E-state index in [1.54, 1.807) is 6.92 Å². The van der Waals surface area contributed by atoms with Gasteiger partial charge in [0.05, 0.1) is 6.10 Å². The minimum atomic E-state index is -4.21. The van der Waals surface area contributed by atoms with Gasteiger partial charge in [-0.15, -0.1) is 0 Å². The molecule has 0 aromatic carbocycles. The third-order valence-electron chi connectivity index (χ3n) is 2.55. The normalized spacial score (nSPS) is 35.8. The molecule has 1 rings (SSSR count). The van der Waals surface area contributed by atoms with Gasteiger partial charge in [0, 0.05) is 0 Å². The molecule has 78 valence electrons. The zero-order valence-electron chi connectivity index (χ0n) is 8.06. The molecule has 1 nitrogen and oxygen atoms in total. The molecule has 0 aromatic rings. The van der Waals surface area contributed by atoms with Crippen molar-refractivity contribution < 1.29 is 17.9 Å². The Balaban J connectivity index is 2.72. The van der Waals surface area contributed by atoms with Crippen molar-refractivity contribution in [3.63, 3.8) is 0 Å². The molecule has 0 spiro atoms. The summed E-state index contributed by atoms with van der Waals surface area (Å²) >= 11 is 0. The third kappa shape index (κ3) is 2.36. The molecular weight excluding hydrogens is 181 g/mol. The summed E-state index contributed by atoms with van der Waals surface area (Å²) in [6.45, 7) is 5.32. The first kappa shape index (κ1) is 10.8. The van der Waals surface area contributed by atoms with Crippen LogP contribution < -0.4 is 0 Å². The van der Waals surface area contributed by atoms with Crippen LogP contribution in [0.3, 0.4) is 0 Å². The highest BCUT2D eigenvalue weighted by molar-refractivity contribution is 4.86. The molecular formula is C9H15F3O. The summed E-state index contributed by atoms with van der Waals surface area (Å²) in [6.07, 6.45) is -5.51. The maximum absolute atomic E-state index is 12.4. The van der Waals surface area contributed by atoms with E-state index >= 15 is 0 Å². The van der Waals surface area contributed by atoms with Gasteiger partial charge in [0.25, 0.3) is 0 Å². The van der Waals surface area contributed by atoms with Crippen LogP contribution >= 0.6 is 0 Å². The molecule has 0 bridgehead atoms. The van der Waals surface area contributed by atoms with Gasteiger partial charge in [0.15, 0.2) is 6.10 Å². The van der Waals surface area contributed by atoms with Crippen LogP contribution in [-0.2, 0) is 4.74 Å². The van der Waals surface area contributed by atoms with Gasteiger partial charge < -0.3 is 4.74 Å². The van der Waals surface area contributed by atoms with Gasteiger partial charge >= 0.3 is 6.18 Å². The van der Waals surface area contributed by atoms with Crippen LogP contribution in [0.4, 0.5) is 13.2 Å². The van der Waals surface area contributed by atoms with Crippen molar-refractivity contribution in [1.29, 1.82) is 0 Å². The first-order valence-electron chi connectivity index (χ1n) is 4.54. The second-order valence-electron chi connectivity index (χ2n) is 4.05. The van der Waals surface area contributed by atoms with E-state index in [2.05, 4.69) is 0 Å². The first-order chi connectivity index (χ1) is 5.82. The Morgan fingerprint density at radius 2 is 1.85 bits per heavy atom. The van der Waals surface area contributed by atoms with Gasteiger partial charge in [-0.2, -0.15) is 13.2 Å². The Kier molecular flexibility index (Phi) is 2.90. The number of rotatable bonds is 1. The lowest BCUT2D eigenvalue weighted by Crippen LogP contribution is -2.36. The molecule has 4 heteroatoms. The SMILES string of the molecule is CC1CC(C(C)C)C(C(F)(F)F)O1. The van der Waals surface area contributed by atoms with Crippen molar-refractivity contribution >= 4 is 0 Å². The Labute approximate surface area is 76.3 Å². The summed E-state index contributed by atoms with van der Waals surface area (Å²) in [5.41, 5.74) is 0. The number of alkyl halides is 3. The Morgan fingerprint density at radius 3 is 2.15 bits per heavy atom. The van der Waals surface area contributed by atoms with E-state index in [9.17, 15) is 13.2 Å². The highest BCUT2D eigenvalue weighted by Crippen LogP contribution is 2.40. The van der Waals surface area contributed by atoms with E-state index in [4.69, 9.17) is 4.74 Å². The van der Waals surface area contributed by atoms with Crippen LogP contribution in [0.25, 0.3) is 0 Å². The predicted octanol–water partition coefficient (Wildman–Crippen LogP) is 3.00. The number of ether oxygens (including phenoxy) is 1. The lowest BCUT2D eigenvalue weighted by Gasteiger charge is -2.23. The van der Waals surface area contributed by atoms with Crippen LogP contribution in [-0.4, -0.2) is 18.4 Å². The number of hydrogen-bond acceptors (Lipinski definition) is 1. The molecule has 0 N–H and O–H groups in total. The standard InChI is InChI=1S/C9H15F3O/c1-5(2)7-4-6(3)13-8(7)9(10,11)12/h5-8H,4H2,1-3H3. The monoisotopic (exact) mass is 196 g/mol. The molecule has 0 radical (unpaired) electrons. The fourth-order valence-corrected chi connectivity index (χ4v) is 1.86.